The summed E-state index contributed by atoms with van der Waals surface area (Å²) in [6, 6.07) is 9.50. The molecule has 1 saturated heterocycles. The number of piperidine rings is 1. The zero-order chi connectivity index (χ0) is 16.9. The second-order valence-corrected chi connectivity index (χ2v) is 8.87. The molecule has 2 unspecified atom stereocenters. The maximum absolute atomic E-state index is 13.1. The Morgan fingerprint density at radius 1 is 1.15 bits per heavy atom. The SMILES string of the molecule is Cl.O=C(C1CC12CCCc1ccccc12)N1CCC(NCC2CC2)CC1. The first kappa shape index (κ1) is 18.3. The smallest absolute Gasteiger partial charge is 0.226 e. The highest BCUT2D eigenvalue weighted by Crippen LogP contribution is 2.60. The van der Waals surface area contributed by atoms with Gasteiger partial charge in [0.2, 0.25) is 5.91 Å². The van der Waals surface area contributed by atoms with E-state index in [2.05, 4.69) is 34.5 Å². The van der Waals surface area contributed by atoms with Crippen LogP contribution in [0.25, 0.3) is 0 Å². The molecule has 1 heterocycles. The molecule has 2 atom stereocenters. The molecular formula is C22H31ClN2O. The Labute approximate surface area is 163 Å². The molecule has 1 aliphatic heterocycles. The Bertz CT molecular complexity index is 666. The number of hydrogen-bond donors (Lipinski definition) is 1. The van der Waals surface area contributed by atoms with Gasteiger partial charge in [-0.25, -0.2) is 0 Å². The summed E-state index contributed by atoms with van der Waals surface area (Å²) in [6.07, 6.45) is 9.82. The van der Waals surface area contributed by atoms with Gasteiger partial charge < -0.3 is 10.2 Å². The number of halogens is 1. The van der Waals surface area contributed by atoms with Crippen LogP contribution < -0.4 is 5.32 Å². The summed E-state index contributed by atoms with van der Waals surface area (Å²) in [6.45, 7) is 3.10. The Morgan fingerprint density at radius 2 is 1.92 bits per heavy atom. The van der Waals surface area contributed by atoms with E-state index in [-0.39, 0.29) is 23.7 Å². The van der Waals surface area contributed by atoms with E-state index in [9.17, 15) is 4.79 Å². The van der Waals surface area contributed by atoms with E-state index >= 15 is 0 Å². The number of nitrogens with one attached hydrogen (secondary N) is 1. The van der Waals surface area contributed by atoms with Crippen molar-refractivity contribution in [3.8, 4) is 0 Å². The molecule has 1 aromatic rings. The van der Waals surface area contributed by atoms with Crippen molar-refractivity contribution < 1.29 is 4.79 Å². The van der Waals surface area contributed by atoms with Gasteiger partial charge in [0.15, 0.2) is 0 Å². The van der Waals surface area contributed by atoms with Gasteiger partial charge in [-0.1, -0.05) is 24.3 Å². The van der Waals surface area contributed by atoms with E-state index in [0.717, 1.165) is 38.3 Å². The van der Waals surface area contributed by atoms with E-state index in [1.54, 1.807) is 0 Å². The van der Waals surface area contributed by atoms with E-state index < -0.39 is 0 Å². The van der Waals surface area contributed by atoms with Crippen LogP contribution in [-0.2, 0) is 16.6 Å². The number of rotatable bonds is 4. The highest BCUT2D eigenvalue weighted by Gasteiger charge is 2.60. The van der Waals surface area contributed by atoms with Gasteiger partial charge in [0.1, 0.15) is 0 Å². The third-order valence-electron chi connectivity index (χ3n) is 7.19. The number of likely N-dealkylation sites (tertiary alicyclic amines) is 1. The minimum atomic E-state index is 0. The number of benzene rings is 1. The monoisotopic (exact) mass is 374 g/mol. The quantitative estimate of drug-likeness (QED) is 0.871. The van der Waals surface area contributed by atoms with Crippen molar-refractivity contribution in [2.45, 2.75) is 62.8 Å². The predicted molar refractivity (Wildman–Crippen MR) is 107 cm³/mol. The third-order valence-corrected chi connectivity index (χ3v) is 7.19. The lowest BCUT2D eigenvalue weighted by Gasteiger charge is -2.34. The molecule has 26 heavy (non-hydrogen) atoms. The lowest BCUT2D eigenvalue weighted by Crippen LogP contribution is -2.46. The maximum Gasteiger partial charge on any atom is 0.226 e. The first-order valence-corrected chi connectivity index (χ1v) is 10.4. The molecule has 0 bridgehead atoms. The van der Waals surface area contributed by atoms with Gasteiger partial charge >= 0.3 is 0 Å². The fourth-order valence-corrected chi connectivity index (χ4v) is 5.34. The highest BCUT2D eigenvalue weighted by molar-refractivity contribution is 5.85. The fourth-order valence-electron chi connectivity index (χ4n) is 5.34. The summed E-state index contributed by atoms with van der Waals surface area (Å²) >= 11 is 0. The van der Waals surface area contributed by atoms with Gasteiger partial charge in [-0.05, 0) is 75.0 Å². The molecule has 1 aromatic carbocycles. The number of carbonyl (C=O) groups is 1. The van der Waals surface area contributed by atoms with Gasteiger partial charge in [-0.3, -0.25) is 4.79 Å². The molecule has 5 rings (SSSR count). The van der Waals surface area contributed by atoms with Crippen LogP contribution in [0.15, 0.2) is 24.3 Å². The number of carbonyl (C=O) groups excluding carboxylic acids is 1. The Kier molecular flexibility index (Phi) is 5.04. The largest absolute Gasteiger partial charge is 0.342 e. The molecule has 4 heteroatoms. The Balaban J connectivity index is 0.00000168. The van der Waals surface area contributed by atoms with Crippen molar-refractivity contribution in [2.24, 2.45) is 11.8 Å². The van der Waals surface area contributed by atoms with Crippen LogP contribution in [0.2, 0.25) is 0 Å². The van der Waals surface area contributed by atoms with Gasteiger partial charge in [-0.15, -0.1) is 12.4 Å². The van der Waals surface area contributed by atoms with Crippen LogP contribution in [0, 0.1) is 11.8 Å². The molecule has 3 aliphatic carbocycles. The molecule has 3 fully saturated rings. The number of aryl methyl sites for hydroxylation is 1. The average Bonchev–Trinajstić information content (AvgIpc) is 3.57. The van der Waals surface area contributed by atoms with Gasteiger partial charge in [0.25, 0.3) is 0 Å². The normalized spacial score (nSPS) is 30.6. The minimum Gasteiger partial charge on any atom is -0.342 e. The molecule has 2 saturated carbocycles. The standard InChI is InChI=1S/C22H30N2O.ClH/c25-21(24-12-9-18(10-13-24)23-15-16-7-8-16)20-14-22(20)11-3-5-17-4-1-2-6-19(17)22;/h1-2,4,6,16,18,20,23H,3,5,7-15H2;1H. The Morgan fingerprint density at radius 3 is 2.69 bits per heavy atom. The first-order chi connectivity index (χ1) is 12.3. The van der Waals surface area contributed by atoms with E-state index in [4.69, 9.17) is 0 Å². The van der Waals surface area contributed by atoms with Gasteiger partial charge in [0.05, 0.1) is 0 Å². The second-order valence-electron chi connectivity index (χ2n) is 8.87. The molecule has 1 spiro atoms. The van der Waals surface area contributed by atoms with Crippen molar-refractivity contribution >= 4 is 18.3 Å². The van der Waals surface area contributed by atoms with Crippen LogP contribution in [0.3, 0.4) is 0 Å². The lowest BCUT2D eigenvalue weighted by molar-refractivity contribution is -0.134. The predicted octanol–water partition coefficient (Wildman–Crippen LogP) is 3.69. The number of fused-ring (bicyclic) bond motifs is 2. The zero-order valence-corrected chi connectivity index (χ0v) is 16.4. The highest BCUT2D eigenvalue weighted by atomic mass is 35.5. The maximum atomic E-state index is 13.1. The van der Waals surface area contributed by atoms with Crippen LogP contribution in [-0.4, -0.2) is 36.5 Å². The van der Waals surface area contributed by atoms with Gasteiger partial charge in [0, 0.05) is 30.5 Å². The molecule has 1 amide bonds. The number of amides is 1. The summed E-state index contributed by atoms with van der Waals surface area (Å²) < 4.78 is 0. The summed E-state index contributed by atoms with van der Waals surface area (Å²) in [5, 5.41) is 3.72. The van der Waals surface area contributed by atoms with Crippen molar-refractivity contribution in [1.29, 1.82) is 0 Å². The van der Waals surface area contributed by atoms with Crippen molar-refractivity contribution in [2.75, 3.05) is 19.6 Å². The first-order valence-electron chi connectivity index (χ1n) is 10.4. The van der Waals surface area contributed by atoms with Gasteiger partial charge in [-0.2, -0.15) is 0 Å². The van der Waals surface area contributed by atoms with Crippen LogP contribution in [0.4, 0.5) is 0 Å². The van der Waals surface area contributed by atoms with E-state index in [1.807, 2.05) is 0 Å². The van der Waals surface area contributed by atoms with Crippen LogP contribution >= 0.6 is 12.4 Å². The summed E-state index contributed by atoms with van der Waals surface area (Å²) in [4.78, 5) is 15.3. The summed E-state index contributed by atoms with van der Waals surface area (Å²) in [5.41, 5.74) is 3.17. The molecular weight excluding hydrogens is 344 g/mol. The van der Waals surface area contributed by atoms with Crippen LogP contribution in [0.5, 0.6) is 0 Å². The summed E-state index contributed by atoms with van der Waals surface area (Å²) in [5.74, 6) is 1.64. The molecule has 1 N–H and O–H groups in total. The third kappa shape index (κ3) is 3.29. The van der Waals surface area contributed by atoms with Crippen molar-refractivity contribution in [1.82, 2.24) is 10.2 Å². The second kappa shape index (κ2) is 7.16. The van der Waals surface area contributed by atoms with Crippen molar-refractivity contribution in [3.05, 3.63) is 35.4 Å². The molecule has 0 radical (unpaired) electrons. The van der Waals surface area contributed by atoms with E-state index in [0.29, 0.717) is 11.9 Å². The molecule has 3 nitrogen and oxygen atoms in total. The number of nitrogens with zero attached hydrogens (tertiary/aromatic N) is 1. The van der Waals surface area contributed by atoms with Crippen LogP contribution in [0.1, 0.15) is 56.1 Å². The van der Waals surface area contributed by atoms with E-state index in [1.165, 1.54) is 49.8 Å². The fraction of sp³-hybridized carbons (Fsp3) is 0.682. The lowest BCUT2D eigenvalue weighted by atomic mass is 9.78. The Hall–Kier alpha value is -1.06. The topological polar surface area (TPSA) is 32.3 Å². The minimum absolute atomic E-state index is 0. The molecule has 4 aliphatic rings. The zero-order valence-electron chi connectivity index (χ0n) is 15.6. The van der Waals surface area contributed by atoms with Crippen molar-refractivity contribution in [3.63, 3.8) is 0 Å². The number of hydrogen-bond acceptors (Lipinski definition) is 2. The average molecular weight is 375 g/mol. The molecule has 142 valence electrons. The summed E-state index contributed by atoms with van der Waals surface area (Å²) in [7, 11) is 0. The molecule has 0 aromatic heterocycles.